The van der Waals surface area contributed by atoms with Crippen LogP contribution in [-0.4, -0.2) is 54.4 Å². The van der Waals surface area contributed by atoms with Gasteiger partial charge in [0.1, 0.15) is 11.6 Å². The van der Waals surface area contributed by atoms with Gasteiger partial charge in [-0.15, -0.1) is 0 Å². The van der Waals surface area contributed by atoms with Crippen molar-refractivity contribution in [2.45, 2.75) is 33.1 Å². The van der Waals surface area contributed by atoms with Gasteiger partial charge >= 0.3 is 0 Å². The van der Waals surface area contributed by atoms with Crippen molar-refractivity contribution in [3.63, 3.8) is 0 Å². The number of carbonyl (C=O) groups is 2. The highest BCUT2D eigenvalue weighted by molar-refractivity contribution is 5.80. The van der Waals surface area contributed by atoms with E-state index in [0.717, 1.165) is 22.4 Å². The minimum atomic E-state index is -0.308. The van der Waals surface area contributed by atoms with E-state index in [4.69, 9.17) is 4.74 Å². The van der Waals surface area contributed by atoms with Gasteiger partial charge < -0.3 is 14.5 Å². The zero-order valence-corrected chi connectivity index (χ0v) is 17.7. The van der Waals surface area contributed by atoms with Gasteiger partial charge in [0.25, 0.3) is 0 Å². The van der Waals surface area contributed by atoms with Crippen molar-refractivity contribution in [2.75, 3.05) is 32.8 Å². The quantitative estimate of drug-likeness (QED) is 0.654. The van der Waals surface area contributed by atoms with Crippen LogP contribution in [0.3, 0.4) is 0 Å². The van der Waals surface area contributed by atoms with Crippen molar-refractivity contribution in [1.29, 1.82) is 0 Å². The maximum Gasteiger partial charge on any atom is 0.227 e. The van der Waals surface area contributed by atoms with Crippen LogP contribution in [0.1, 0.15) is 29.5 Å². The number of aryl methyl sites for hydroxylation is 2. The summed E-state index contributed by atoms with van der Waals surface area (Å²) in [5.74, 6) is 0.706. The number of halogens is 1. The number of carbonyl (C=O) groups excluding carboxylic acids is 2. The third kappa shape index (κ3) is 5.81. The van der Waals surface area contributed by atoms with Gasteiger partial charge in [-0.2, -0.15) is 0 Å². The highest BCUT2D eigenvalue weighted by Crippen LogP contribution is 2.22. The van der Waals surface area contributed by atoms with Gasteiger partial charge in [0.2, 0.25) is 11.8 Å². The van der Waals surface area contributed by atoms with Crippen molar-refractivity contribution in [2.24, 2.45) is 0 Å². The van der Waals surface area contributed by atoms with Crippen LogP contribution in [0.15, 0.2) is 42.5 Å². The predicted octanol–water partition coefficient (Wildman–Crippen LogP) is 3.52. The van der Waals surface area contributed by atoms with E-state index < -0.39 is 0 Å². The Kier molecular flexibility index (Phi) is 7.44. The Bertz CT molecular complexity index is 854. The third-order valence-corrected chi connectivity index (χ3v) is 5.44. The Morgan fingerprint density at radius 3 is 2.07 bits per heavy atom. The summed E-state index contributed by atoms with van der Waals surface area (Å²) in [4.78, 5) is 28.5. The lowest BCUT2D eigenvalue weighted by Crippen LogP contribution is -2.51. The summed E-state index contributed by atoms with van der Waals surface area (Å²) >= 11 is 0. The van der Waals surface area contributed by atoms with Gasteiger partial charge in [0, 0.05) is 32.6 Å². The maximum atomic E-state index is 13.0. The standard InChI is InChI=1S/C24H29FN2O3/c1-18-5-3-6-19(2)24(18)30-16-4-7-22(28)26-12-14-27(15-13-26)23(29)17-20-8-10-21(25)11-9-20/h3,5-6,8-11H,4,7,12-17H2,1-2H3. The number of ether oxygens (including phenoxy) is 1. The number of amides is 2. The molecule has 0 bridgehead atoms. The molecule has 1 aliphatic heterocycles. The van der Waals surface area contributed by atoms with Crippen LogP contribution in [0.5, 0.6) is 5.75 Å². The number of para-hydroxylation sites is 1. The lowest BCUT2D eigenvalue weighted by Gasteiger charge is -2.35. The van der Waals surface area contributed by atoms with E-state index in [-0.39, 0.29) is 24.1 Å². The monoisotopic (exact) mass is 412 g/mol. The number of hydrogen-bond donors (Lipinski definition) is 0. The van der Waals surface area contributed by atoms with Gasteiger partial charge in [-0.05, 0) is 49.1 Å². The van der Waals surface area contributed by atoms with Crippen LogP contribution in [0, 0.1) is 19.7 Å². The van der Waals surface area contributed by atoms with Gasteiger partial charge in [0.15, 0.2) is 0 Å². The number of piperazine rings is 1. The Morgan fingerprint density at radius 1 is 0.900 bits per heavy atom. The summed E-state index contributed by atoms with van der Waals surface area (Å²) in [5, 5.41) is 0. The molecular formula is C24H29FN2O3. The molecule has 2 aromatic carbocycles. The van der Waals surface area contributed by atoms with Crippen LogP contribution >= 0.6 is 0 Å². The summed E-state index contributed by atoms with van der Waals surface area (Å²) in [5.41, 5.74) is 2.99. The average molecular weight is 413 g/mol. The molecule has 160 valence electrons. The molecule has 1 heterocycles. The van der Waals surface area contributed by atoms with Gasteiger partial charge in [0.05, 0.1) is 13.0 Å². The smallest absolute Gasteiger partial charge is 0.227 e. The molecule has 0 aliphatic carbocycles. The van der Waals surface area contributed by atoms with Gasteiger partial charge in [-0.3, -0.25) is 9.59 Å². The van der Waals surface area contributed by atoms with Crippen LogP contribution < -0.4 is 4.74 Å². The molecule has 1 saturated heterocycles. The largest absolute Gasteiger partial charge is 0.493 e. The summed E-state index contributed by atoms with van der Waals surface area (Å²) in [7, 11) is 0. The van der Waals surface area contributed by atoms with Crippen molar-refractivity contribution in [3.05, 3.63) is 65.0 Å². The maximum absolute atomic E-state index is 13.0. The molecule has 0 unspecified atom stereocenters. The molecule has 2 aromatic rings. The van der Waals surface area contributed by atoms with E-state index >= 15 is 0 Å². The first-order valence-corrected chi connectivity index (χ1v) is 10.4. The summed E-state index contributed by atoms with van der Waals surface area (Å²) < 4.78 is 18.9. The second kappa shape index (κ2) is 10.2. The first-order chi connectivity index (χ1) is 14.4. The third-order valence-electron chi connectivity index (χ3n) is 5.44. The topological polar surface area (TPSA) is 49.9 Å². The van der Waals surface area contributed by atoms with Gasteiger partial charge in [-0.25, -0.2) is 4.39 Å². The van der Waals surface area contributed by atoms with Crippen molar-refractivity contribution in [1.82, 2.24) is 9.80 Å². The van der Waals surface area contributed by atoms with Crippen molar-refractivity contribution < 1.29 is 18.7 Å². The van der Waals surface area contributed by atoms with E-state index in [9.17, 15) is 14.0 Å². The minimum absolute atomic E-state index is 0.00991. The lowest BCUT2D eigenvalue weighted by molar-refractivity contribution is -0.139. The fraction of sp³-hybridized carbons (Fsp3) is 0.417. The molecule has 0 spiro atoms. The van der Waals surface area contributed by atoms with Crippen molar-refractivity contribution in [3.8, 4) is 5.75 Å². The fourth-order valence-corrected chi connectivity index (χ4v) is 3.68. The highest BCUT2D eigenvalue weighted by Gasteiger charge is 2.23. The molecule has 5 nitrogen and oxygen atoms in total. The number of hydrogen-bond acceptors (Lipinski definition) is 3. The van der Waals surface area contributed by atoms with Crippen molar-refractivity contribution >= 4 is 11.8 Å². The van der Waals surface area contributed by atoms with Crippen LogP contribution in [-0.2, 0) is 16.0 Å². The Morgan fingerprint density at radius 2 is 1.47 bits per heavy atom. The molecule has 0 atom stereocenters. The van der Waals surface area contributed by atoms with E-state index in [1.165, 1.54) is 12.1 Å². The van der Waals surface area contributed by atoms with Crippen LogP contribution in [0.2, 0.25) is 0 Å². The summed E-state index contributed by atoms with van der Waals surface area (Å²) in [6, 6.07) is 12.0. The van der Waals surface area contributed by atoms with Crippen LogP contribution in [0.4, 0.5) is 4.39 Å². The molecule has 0 saturated carbocycles. The van der Waals surface area contributed by atoms with E-state index in [2.05, 4.69) is 0 Å². The first-order valence-electron chi connectivity index (χ1n) is 10.4. The Labute approximate surface area is 177 Å². The zero-order valence-electron chi connectivity index (χ0n) is 17.7. The second-order valence-corrected chi connectivity index (χ2v) is 7.74. The molecule has 0 aromatic heterocycles. The minimum Gasteiger partial charge on any atom is -0.493 e. The molecule has 0 N–H and O–H groups in total. The molecule has 1 fully saturated rings. The zero-order chi connectivity index (χ0) is 21.5. The van der Waals surface area contributed by atoms with E-state index in [1.54, 1.807) is 17.0 Å². The van der Waals surface area contributed by atoms with Crippen LogP contribution in [0.25, 0.3) is 0 Å². The number of benzene rings is 2. The normalized spacial score (nSPS) is 14.0. The SMILES string of the molecule is Cc1cccc(C)c1OCCCC(=O)N1CCN(C(=O)Cc2ccc(F)cc2)CC1. The Hall–Kier alpha value is -2.89. The first kappa shape index (κ1) is 21.8. The predicted molar refractivity (Wildman–Crippen MR) is 114 cm³/mol. The Balaban J connectivity index is 1.37. The average Bonchev–Trinajstić information content (AvgIpc) is 2.74. The highest BCUT2D eigenvalue weighted by atomic mass is 19.1. The molecule has 0 radical (unpaired) electrons. The fourth-order valence-electron chi connectivity index (χ4n) is 3.68. The summed E-state index contributed by atoms with van der Waals surface area (Å²) in [6.45, 7) is 6.70. The lowest BCUT2D eigenvalue weighted by atomic mass is 10.1. The molecular weight excluding hydrogens is 383 g/mol. The molecule has 2 amide bonds. The second-order valence-electron chi connectivity index (χ2n) is 7.74. The molecule has 30 heavy (non-hydrogen) atoms. The molecule has 3 rings (SSSR count). The van der Waals surface area contributed by atoms with E-state index in [0.29, 0.717) is 45.6 Å². The summed E-state index contributed by atoms with van der Waals surface area (Å²) in [6.07, 6.45) is 1.36. The number of nitrogens with zero attached hydrogens (tertiary/aromatic N) is 2. The van der Waals surface area contributed by atoms with E-state index in [1.807, 2.05) is 36.9 Å². The molecule has 6 heteroatoms. The van der Waals surface area contributed by atoms with Gasteiger partial charge in [-0.1, -0.05) is 30.3 Å². The number of rotatable bonds is 7. The molecule has 1 aliphatic rings.